The molecule has 3 nitrogen and oxygen atoms in total. The molecular weight excluding hydrogens is 1010 g/mol. The molecular formula is C78H53N3Si. The van der Waals surface area contributed by atoms with Gasteiger partial charge in [0.1, 0.15) is 0 Å². The second kappa shape index (κ2) is 19.4. The lowest BCUT2D eigenvalue weighted by Crippen LogP contribution is -2.74. The molecule has 4 heteroatoms. The molecule has 82 heavy (non-hydrogen) atoms. The third-order valence-electron chi connectivity index (χ3n) is 17.1. The zero-order valence-electron chi connectivity index (χ0n) is 44.9. The number of fused-ring (bicyclic) bond motifs is 9. The molecule has 16 aromatic rings. The Morgan fingerprint density at radius 3 is 1.06 bits per heavy atom. The van der Waals surface area contributed by atoms with Crippen molar-refractivity contribution in [3.05, 3.63) is 322 Å². The first-order valence-electron chi connectivity index (χ1n) is 28.3. The number of hydrogen-bond donors (Lipinski definition) is 0. The van der Waals surface area contributed by atoms with Crippen molar-refractivity contribution < 1.29 is 0 Å². The largest absolute Gasteiger partial charge is 0.309 e. The van der Waals surface area contributed by atoms with Crippen LogP contribution in [-0.2, 0) is 0 Å². The molecule has 0 spiro atoms. The fourth-order valence-electron chi connectivity index (χ4n) is 13.5. The van der Waals surface area contributed by atoms with E-state index < -0.39 is 8.07 Å². The smallest absolute Gasteiger partial charge is 0.179 e. The summed E-state index contributed by atoms with van der Waals surface area (Å²) < 4.78 is 7.44. The van der Waals surface area contributed by atoms with Crippen molar-refractivity contribution in [3.8, 4) is 50.4 Å². The van der Waals surface area contributed by atoms with Gasteiger partial charge in [0.25, 0.3) is 0 Å². The molecule has 0 bridgehead atoms. The van der Waals surface area contributed by atoms with Gasteiger partial charge >= 0.3 is 0 Å². The van der Waals surface area contributed by atoms with Gasteiger partial charge in [0, 0.05) is 49.4 Å². The second-order valence-corrected chi connectivity index (χ2v) is 25.4. The highest BCUT2D eigenvalue weighted by atomic mass is 28.3. The number of rotatable bonds is 10. The van der Waals surface area contributed by atoms with Crippen molar-refractivity contribution in [2.75, 3.05) is 0 Å². The predicted molar refractivity (Wildman–Crippen MR) is 349 cm³/mol. The van der Waals surface area contributed by atoms with Crippen molar-refractivity contribution >= 4 is 94.2 Å². The molecule has 0 N–H and O–H groups in total. The van der Waals surface area contributed by atoms with E-state index in [0.717, 1.165) is 50.3 Å². The summed E-state index contributed by atoms with van der Waals surface area (Å²) in [6.07, 6.45) is 0. The van der Waals surface area contributed by atoms with E-state index >= 15 is 0 Å². The van der Waals surface area contributed by atoms with Crippen LogP contribution in [0.4, 0.5) is 0 Å². The van der Waals surface area contributed by atoms with E-state index in [1.807, 2.05) is 0 Å². The third kappa shape index (κ3) is 7.57. The predicted octanol–water partition coefficient (Wildman–Crippen LogP) is 17.4. The lowest BCUT2D eigenvalue weighted by Gasteiger charge is -2.35. The Kier molecular flexibility index (Phi) is 11.2. The average molecular weight is 1060 g/mol. The lowest BCUT2D eigenvalue weighted by atomic mass is 10.0. The molecule has 0 saturated carbocycles. The third-order valence-corrected chi connectivity index (χ3v) is 21.9. The number of benzene rings is 13. The van der Waals surface area contributed by atoms with Crippen LogP contribution in [0.3, 0.4) is 0 Å². The summed E-state index contributed by atoms with van der Waals surface area (Å²) in [5.74, 6) is 0. The standard InChI is InChI=1S/C78H53N3Si/c1-6-23-54(24-7-1)57-29-22-34-65(49-57)82(63-30-12-4-13-31-63,64-32-14-5-15-33-64)66-43-46-78-72(53-66)70-50-58(55-25-8-2-9-26-55)41-44-76(70)81(78)62-48-59(56-27-10-3-11-28-56)47-61(51-62)80-75-40-21-18-37-69(75)71-52-60(42-45-77(71)80)79-73-38-19-16-35-67(73)68-36-17-20-39-74(68)79/h1-53H. The maximum atomic E-state index is 2.56. The molecule has 0 aliphatic heterocycles. The van der Waals surface area contributed by atoms with E-state index in [1.54, 1.807) is 0 Å². The zero-order chi connectivity index (χ0) is 54.1. The van der Waals surface area contributed by atoms with E-state index in [2.05, 4.69) is 335 Å². The molecule has 0 unspecified atom stereocenters. The molecule has 3 heterocycles. The Morgan fingerprint density at radius 2 is 0.524 bits per heavy atom. The Balaban J connectivity index is 0.961. The van der Waals surface area contributed by atoms with Gasteiger partial charge < -0.3 is 13.7 Å². The SMILES string of the molecule is c1ccc(-c2cc(-n3c4ccccc4c4cc(-n5c6ccccc6c6ccccc65)ccc43)cc(-n3c4ccc(-c5ccccc5)cc4c4cc([Si](c5ccccc5)(c5ccccc5)c5cccc(-c6ccccc6)c5)ccc43)c2)cc1. The van der Waals surface area contributed by atoms with Crippen molar-refractivity contribution in [1.29, 1.82) is 0 Å². The zero-order valence-corrected chi connectivity index (χ0v) is 45.9. The van der Waals surface area contributed by atoms with E-state index in [1.165, 1.54) is 86.4 Å². The van der Waals surface area contributed by atoms with E-state index in [0.29, 0.717) is 0 Å². The molecule has 16 rings (SSSR count). The van der Waals surface area contributed by atoms with Gasteiger partial charge in [-0.2, -0.15) is 0 Å². The first-order valence-corrected chi connectivity index (χ1v) is 30.3. The normalized spacial score (nSPS) is 11.9. The summed E-state index contributed by atoms with van der Waals surface area (Å²) in [4.78, 5) is 0. The number of hydrogen-bond acceptors (Lipinski definition) is 0. The minimum absolute atomic E-state index is 1.09. The molecule has 0 radical (unpaired) electrons. The van der Waals surface area contributed by atoms with E-state index in [4.69, 9.17) is 0 Å². The highest BCUT2D eigenvalue weighted by molar-refractivity contribution is 7.20. The van der Waals surface area contributed by atoms with Gasteiger partial charge in [0.05, 0.1) is 33.1 Å². The van der Waals surface area contributed by atoms with Gasteiger partial charge in [0.15, 0.2) is 8.07 Å². The van der Waals surface area contributed by atoms with Gasteiger partial charge in [-0.1, -0.05) is 249 Å². The van der Waals surface area contributed by atoms with Crippen molar-refractivity contribution in [1.82, 2.24) is 13.7 Å². The lowest BCUT2D eigenvalue weighted by molar-refractivity contribution is 1.13. The van der Waals surface area contributed by atoms with Gasteiger partial charge in [-0.15, -0.1) is 0 Å². The van der Waals surface area contributed by atoms with Gasteiger partial charge in [0.2, 0.25) is 0 Å². The Bertz CT molecular complexity index is 4980. The number of aromatic nitrogens is 3. The quantitative estimate of drug-likeness (QED) is 0.0958. The maximum Gasteiger partial charge on any atom is 0.179 e. The van der Waals surface area contributed by atoms with Crippen molar-refractivity contribution in [2.45, 2.75) is 0 Å². The number of para-hydroxylation sites is 3. The highest BCUT2D eigenvalue weighted by Gasteiger charge is 2.42. The van der Waals surface area contributed by atoms with E-state index in [-0.39, 0.29) is 0 Å². The molecule has 0 amide bonds. The average Bonchev–Trinajstić information content (AvgIpc) is 4.36. The van der Waals surface area contributed by atoms with Crippen LogP contribution >= 0.6 is 0 Å². The molecule has 0 fully saturated rings. The van der Waals surface area contributed by atoms with Gasteiger partial charge in [-0.05, 0) is 127 Å². The molecule has 0 atom stereocenters. The first kappa shape index (κ1) is 47.5. The minimum atomic E-state index is -3.03. The van der Waals surface area contributed by atoms with Crippen LogP contribution in [0.2, 0.25) is 0 Å². The fraction of sp³-hybridized carbons (Fsp3) is 0. The molecule has 384 valence electrons. The van der Waals surface area contributed by atoms with Gasteiger partial charge in [-0.3, -0.25) is 0 Å². The highest BCUT2D eigenvalue weighted by Crippen LogP contribution is 2.41. The van der Waals surface area contributed by atoms with Crippen LogP contribution in [0.25, 0.3) is 116 Å². The minimum Gasteiger partial charge on any atom is -0.309 e. The first-order chi connectivity index (χ1) is 40.7. The Hall–Kier alpha value is -10.5. The molecule has 0 aliphatic rings. The summed E-state index contributed by atoms with van der Waals surface area (Å²) in [7, 11) is -3.03. The monoisotopic (exact) mass is 1060 g/mol. The summed E-state index contributed by atoms with van der Waals surface area (Å²) in [6.45, 7) is 0. The fourth-order valence-corrected chi connectivity index (χ4v) is 18.3. The van der Waals surface area contributed by atoms with Crippen molar-refractivity contribution in [2.24, 2.45) is 0 Å². The van der Waals surface area contributed by atoms with Gasteiger partial charge in [-0.25, -0.2) is 0 Å². The van der Waals surface area contributed by atoms with Crippen LogP contribution < -0.4 is 20.7 Å². The number of nitrogens with zero attached hydrogens (tertiary/aromatic N) is 3. The topological polar surface area (TPSA) is 14.8 Å². The maximum absolute atomic E-state index is 3.03. The molecule has 3 aromatic heterocycles. The molecule has 0 saturated heterocycles. The van der Waals surface area contributed by atoms with Crippen LogP contribution in [0, 0.1) is 0 Å². The van der Waals surface area contributed by atoms with Crippen LogP contribution in [0.5, 0.6) is 0 Å². The van der Waals surface area contributed by atoms with Crippen LogP contribution in [0.1, 0.15) is 0 Å². The summed E-state index contributed by atoms with van der Waals surface area (Å²) in [5.41, 5.74) is 17.5. The van der Waals surface area contributed by atoms with E-state index in [9.17, 15) is 0 Å². The van der Waals surface area contributed by atoms with Crippen LogP contribution in [-0.4, -0.2) is 21.8 Å². The van der Waals surface area contributed by atoms with Crippen LogP contribution in [0.15, 0.2) is 322 Å². The second-order valence-electron chi connectivity index (χ2n) is 21.6. The Morgan fingerprint density at radius 1 is 0.171 bits per heavy atom. The molecule has 0 aliphatic carbocycles. The summed E-state index contributed by atoms with van der Waals surface area (Å²) >= 11 is 0. The van der Waals surface area contributed by atoms with Crippen molar-refractivity contribution in [3.63, 3.8) is 0 Å². The Labute approximate surface area is 477 Å². The summed E-state index contributed by atoms with van der Waals surface area (Å²) in [6, 6.07) is 120. The summed E-state index contributed by atoms with van der Waals surface area (Å²) in [5, 5.41) is 12.7. The molecule has 13 aromatic carbocycles.